The standard InChI is InChI=1S/C13H27N5/c1-5-9-18(7-3)10-8-15-13-12(14)11(6-2)16-17(13)4/h15H,5-10,14H2,1-4H3. The van der Waals surface area contributed by atoms with Gasteiger partial charge in [-0.1, -0.05) is 20.8 Å². The molecule has 0 bridgehead atoms. The molecule has 18 heavy (non-hydrogen) atoms. The van der Waals surface area contributed by atoms with Gasteiger partial charge in [-0.3, -0.25) is 4.68 Å². The van der Waals surface area contributed by atoms with Crippen LogP contribution in [0.4, 0.5) is 11.5 Å². The topological polar surface area (TPSA) is 59.1 Å². The zero-order valence-corrected chi connectivity index (χ0v) is 12.2. The number of nitrogens with one attached hydrogen (secondary N) is 1. The number of likely N-dealkylation sites (N-methyl/N-ethyl adjacent to an activating group) is 1. The van der Waals surface area contributed by atoms with Crippen molar-refractivity contribution in [2.75, 3.05) is 37.2 Å². The van der Waals surface area contributed by atoms with E-state index in [1.807, 2.05) is 11.7 Å². The van der Waals surface area contributed by atoms with Crippen molar-refractivity contribution in [2.24, 2.45) is 7.05 Å². The third-order valence-corrected chi connectivity index (χ3v) is 3.20. The second kappa shape index (κ2) is 7.26. The number of hydrogen-bond donors (Lipinski definition) is 2. The maximum atomic E-state index is 6.06. The fourth-order valence-corrected chi connectivity index (χ4v) is 2.14. The molecular formula is C13H27N5. The molecule has 0 saturated carbocycles. The Bertz CT molecular complexity index is 359. The summed E-state index contributed by atoms with van der Waals surface area (Å²) in [5.74, 6) is 0.944. The molecule has 1 aromatic rings. The van der Waals surface area contributed by atoms with Crippen molar-refractivity contribution in [3.05, 3.63) is 5.69 Å². The predicted molar refractivity (Wildman–Crippen MR) is 77.9 cm³/mol. The summed E-state index contributed by atoms with van der Waals surface area (Å²) in [5.41, 5.74) is 7.83. The number of rotatable bonds is 8. The molecule has 0 aliphatic heterocycles. The quantitative estimate of drug-likeness (QED) is 0.740. The molecule has 0 radical (unpaired) electrons. The van der Waals surface area contributed by atoms with E-state index in [1.165, 1.54) is 6.42 Å². The minimum Gasteiger partial charge on any atom is -0.394 e. The average molecular weight is 253 g/mol. The van der Waals surface area contributed by atoms with Gasteiger partial charge < -0.3 is 16.0 Å². The van der Waals surface area contributed by atoms with Crippen LogP contribution in [0.3, 0.4) is 0 Å². The second-order valence-electron chi connectivity index (χ2n) is 4.55. The van der Waals surface area contributed by atoms with Gasteiger partial charge in [0, 0.05) is 20.1 Å². The van der Waals surface area contributed by atoms with Gasteiger partial charge in [0.2, 0.25) is 0 Å². The summed E-state index contributed by atoms with van der Waals surface area (Å²) in [6.45, 7) is 10.7. The van der Waals surface area contributed by atoms with Crippen LogP contribution in [0.5, 0.6) is 0 Å². The second-order valence-corrected chi connectivity index (χ2v) is 4.55. The number of hydrogen-bond acceptors (Lipinski definition) is 4. The van der Waals surface area contributed by atoms with Crippen LogP contribution >= 0.6 is 0 Å². The number of nitrogens with zero attached hydrogens (tertiary/aromatic N) is 3. The molecule has 0 unspecified atom stereocenters. The van der Waals surface area contributed by atoms with Gasteiger partial charge in [-0.25, -0.2) is 0 Å². The van der Waals surface area contributed by atoms with E-state index in [-0.39, 0.29) is 0 Å². The van der Waals surface area contributed by atoms with E-state index in [1.54, 1.807) is 0 Å². The first-order chi connectivity index (χ1) is 8.63. The predicted octanol–water partition coefficient (Wildman–Crippen LogP) is 1.71. The highest BCUT2D eigenvalue weighted by molar-refractivity contribution is 5.64. The number of nitrogen functional groups attached to an aromatic ring is 1. The summed E-state index contributed by atoms with van der Waals surface area (Å²) >= 11 is 0. The van der Waals surface area contributed by atoms with Crippen molar-refractivity contribution in [1.29, 1.82) is 0 Å². The maximum absolute atomic E-state index is 6.06. The highest BCUT2D eigenvalue weighted by Crippen LogP contribution is 2.21. The Hall–Kier alpha value is -1.23. The van der Waals surface area contributed by atoms with Crippen LogP contribution in [0, 0.1) is 0 Å². The zero-order chi connectivity index (χ0) is 13.5. The summed E-state index contributed by atoms with van der Waals surface area (Å²) in [4.78, 5) is 2.43. The summed E-state index contributed by atoms with van der Waals surface area (Å²) in [6, 6.07) is 0. The molecule has 0 spiro atoms. The lowest BCUT2D eigenvalue weighted by Crippen LogP contribution is -2.30. The van der Waals surface area contributed by atoms with Crippen LogP contribution in [0.1, 0.15) is 32.9 Å². The minimum absolute atomic E-state index is 0.790. The van der Waals surface area contributed by atoms with E-state index in [4.69, 9.17) is 5.73 Å². The molecule has 5 nitrogen and oxygen atoms in total. The third-order valence-electron chi connectivity index (χ3n) is 3.20. The Morgan fingerprint density at radius 1 is 1.28 bits per heavy atom. The lowest BCUT2D eigenvalue weighted by Gasteiger charge is -2.20. The first-order valence-corrected chi connectivity index (χ1v) is 6.91. The Morgan fingerprint density at radius 2 is 2.00 bits per heavy atom. The average Bonchev–Trinajstić information content (AvgIpc) is 2.64. The van der Waals surface area contributed by atoms with Gasteiger partial charge in [0.25, 0.3) is 0 Å². The van der Waals surface area contributed by atoms with E-state index in [0.717, 1.165) is 49.8 Å². The van der Waals surface area contributed by atoms with Crippen molar-refractivity contribution in [1.82, 2.24) is 14.7 Å². The van der Waals surface area contributed by atoms with Gasteiger partial charge in [-0.15, -0.1) is 0 Å². The van der Waals surface area contributed by atoms with Crippen molar-refractivity contribution in [3.63, 3.8) is 0 Å². The molecule has 3 N–H and O–H groups in total. The van der Waals surface area contributed by atoms with E-state index in [0.29, 0.717) is 0 Å². The smallest absolute Gasteiger partial charge is 0.147 e. The highest BCUT2D eigenvalue weighted by Gasteiger charge is 2.11. The lowest BCUT2D eigenvalue weighted by molar-refractivity contribution is 0.300. The van der Waals surface area contributed by atoms with Crippen LogP contribution in [0.2, 0.25) is 0 Å². The molecule has 1 heterocycles. The Balaban J connectivity index is 2.50. The normalized spacial score (nSPS) is 11.2. The number of aryl methyl sites for hydroxylation is 2. The van der Waals surface area contributed by atoms with E-state index < -0.39 is 0 Å². The summed E-state index contributed by atoms with van der Waals surface area (Å²) < 4.78 is 1.84. The molecule has 0 aromatic carbocycles. The fourth-order valence-electron chi connectivity index (χ4n) is 2.14. The fraction of sp³-hybridized carbons (Fsp3) is 0.769. The van der Waals surface area contributed by atoms with Crippen molar-refractivity contribution in [2.45, 2.75) is 33.6 Å². The third kappa shape index (κ3) is 3.63. The number of aromatic nitrogens is 2. The molecule has 104 valence electrons. The summed E-state index contributed by atoms with van der Waals surface area (Å²) in [7, 11) is 1.93. The van der Waals surface area contributed by atoms with E-state index in [9.17, 15) is 0 Å². The van der Waals surface area contributed by atoms with Crippen LogP contribution in [-0.2, 0) is 13.5 Å². The van der Waals surface area contributed by atoms with Gasteiger partial charge in [-0.05, 0) is 25.9 Å². The molecule has 0 aliphatic rings. The maximum Gasteiger partial charge on any atom is 0.147 e. The van der Waals surface area contributed by atoms with Crippen molar-refractivity contribution < 1.29 is 0 Å². The molecule has 1 aromatic heterocycles. The molecule has 5 heteroatoms. The molecule has 0 saturated heterocycles. The molecule has 0 atom stereocenters. The molecular weight excluding hydrogens is 226 g/mol. The van der Waals surface area contributed by atoms with Gasteiger partial charge in [-0.2, -0.15) is 5.10 Å². The monoisotopic (exact) mass is 253 g/mol. The molecule has 0 fully saturated rings. The molecule has 0 amide bonds. The van der Waals surface area contributed by atoms with Crippen LogP contribution in [-0.4, -0.2) is 40.9 Å². The number of anilines is 2. The summed E-state index contributed by atoms with van der Waals surface area (Å²) in [6.07, 6.45) is 2.07. The first kappa shape index (κ1) is 14.8. The zero-order valence-electron chi connectivity index (χ0n) is 12.2. The van der Waals surface area contributed by atoms with Crippen LogP contribution in [0.15, 0.2) is 0 Å². The van der Waals surface area contributed by atoms with Gasteiger partial charge in [0.1, 0.15) is 5.82 Å². The lowest BCUT2D eigenvalue weighted by atomic mass is 10.3. The van der Waals surface area contributed by atoms with Crippen LogP contribution in [0.25, 0.3) is 0 Å². The first-order valence-electron chi connectivity index (χ1n) is 6.91. The van der Waals surface area contributed by atoms with Gasteiger partial charge in [0.05, 0.1) is 11.4 Å². The highest BCUT2D eigenvalue weighted by atomic mass is 15.3. The van der Waals surface area contributed by atoms with E-state index >= 15 is 0 Å². The SMILES string of the molecule is CCCN(CC)CCNc1c(N)c(CC)nn1C. The van der Waals surface area contributed by atoms with Crippen molar-refractivity contribution in [3.8, 4) is 0 Å². The van der Waals surface area contributed by atoms with E-state index in [2.05, 4.69) is 36.1 Å². The molecule has 1 rings (SSSR count). The Morgan fingerprint density at radius 3 is 2.50 bits per heavy atom. The summed E-state index contributed by atoms with van der Waals surface area (Å²) in [5, 5.41) is 7.79. The molecule has 0 aliphatic carbocycles. The Labute approximate surface area is 110 Å². The largest absolute Gasteiger partial charge is 0.394 e. The van der Waals surface area contributed by atoms with Crippen LogP contribution < -0.4 is 11.1 Å². The number of nitrogens with two attached hydrogens (primary N) is 1. The Kier molecular flexibility index (Phi) is 5.98. The van der Waals surface area contributed by atoms with Gasteiger partial charge in [0.15, 0.2) is 0 Å². The van der Waals surface area contributed by atoms with Gasteiger partial charge >= 0.3 is 0 Å². The minimum atomic E-state index is 0.790. The van der Waals surface area contributed by atoms with Crippen molar-refractivity contribution >= 4 is 11.5 Å².